The summed E-state index contributed by atoms with van der Waals surface area (Å²) < 4.78 is 0. The van der Waals surface area contributed by atoms with Crippen LogP contribution >= 0.6 is 0 Å². The summed E-state index contributed by atoms with van der Waals surface area (Å²) in [4.78, 5) is 14.3. The molecule has 0 bridgehead atoms. The van der Waals surface area contributed by atoms with E-state index in [0.29, 0.717) is 6.42 Å². The Labute approximate surface area is 99.8 Å². The van der Waals surface area contributed by atoms with E-state index < -0.39 is 6.10 Å². The Bertz CT molecular complexity index is 479. The number of benzene rings is 1. The van der Waals surface area contributed by atoms with Crippen LogP contribution in [0.4, 0.5) is 0 Å². The van der Waals surface area contributed by atoms with Crippen LogP contribution in [0.3, 0.4) is 0 Å². The summed E-state index contributed by atoms with van der Waals surface area (Å²) in [7, 11) is 0. The maximum Gasteiger partial charge on any atom is 0.124 e. The molecule has 0 radical (unpaired) electrons. The van der Waals surface area contributed by atoms with E-state index in [0.717, 1.165) is 23.0 Å². The van der Waals surface area contributed by atoms with E-state index in [1.807, 2.05) is 24.3 Å². The van der Waals surface area contributed by atoms with Crippen LogP contribution in [-0.4, -0.2) is 16.4 Å². The molecule has 86 valence electrons. The minimum Gasteiger partial charge on any atom is -0.384 e. The number of nitrogens with zero attached hydrogens (tertiary/aromatic N) is 1. The van der Waals surface area contributed by atoms with Gasteiger partial charge in [-0.1, -0.05) is 24.3 Å². The molecule has 2 aromatic rings. The second-order valence-electron chi connectivity index (χ2n) is 3.80. The number of hydrogen-bond acceptors (Lipinski definition) is 3. The van der Waals surface area contributed by atoms with Crippen LogP contribution < -0.4 is 0 Å². The van der Waals surface area contributed by atoms with Crippen LogP contribution in [-0.2, 0) is 11.2 Å². The predicted octanol–water partition coefficient (Wildman–Crippen LogP) is 1.90. The van der Waals surface area contributed by atoms with E-state index >= 15 is 0 Å². The molecule has 1 N–H and O–H groups in total. The molecule has 0 aliphatic carbocycles. The molecule has 0 saturated carbocycles. The molecule has 2 rings (SSSR count). The van der Waals surface area contributed by atoms with Gasteiger partial charge in [-0.15, -0.1) is 0 Å². The summed E-state index contributed by atoms with van der Waals surface area (Å²) in [6, 6.07) is 10.9. The van der Waals surface area contributed by atoms with Gasteiger partial charge >= 0.3 is 0 Å². The van der Waals surface area contributed by atoms with Crippen LogP contribution in [0.25, 0.3) is 0 Å². The fraction of sp³-hybridized carbons (Fsp3) is 0.143. The lowest BCUT2D eigenvalue weighted by Crippen LogP contribution is -1.99. The molecule has 3 nitrogen and oxygen atoms in total. The Balaban J connectivity index is 2.20. The molecule has 1 aromatic carbocycles. The van der Waals surface area contributed by atoms with E-state index in [9.17, 15) is 9.90 Å². The van der Waals surface area contributed by atoms with Crippen LogP contribution in [0.2, 0.25) is 0 Å². The van der Waals surface area contributed by atoms with Crippen LogP contribution in [0.5, 0.6) is 0 Å². The zero-order valence-electron chi connectivity index (χ0n) is 9.28. The third-order valence-corrected chi connectivity index (χ3v) is 2.64. The third kappa shape index (κ3) is 2.77. The number of aromatic nitrogens is 1. The second kappa shape index (κ2) is 5.37. The monoisotopic (exact) mass is 227 g/mol. The van der Waals surface area contributed by atoms with Crippen molar-refractivity contribution in [2.45, 2.75) is 12.5 Å². The first kappa shape index (κ1) is 11.5. The van der Waals surface area contributed by atoms with Gasteiger partial charge in [0.25, 0.3) is 0 Å². The van der Waals surface area contributed by atoms with Crippen molar-refractivity contribution in [2.75, 3.05) is 0 Å². The smallest absolute Gasteiger partial charge is 0.124 e. The Morgan fingerprint density at radius 3 is 2.24 bits per heavy atom. The van der Waals surface area contributed by atoms with Crippen molar-refractivity contribution in [2.24, 2.45) is 0 Å². The number of rotatable bonds is 4. The minimum absolute atomic E-state index is 0.408. The lowest BCUT2D eigenvalue weighted by Gasteiger charge is -2.11. The number of aldehydes is 1. The molecule has 3 heteroatoms. The van der Waals surface area contributed by atoms with Crippen molar-refractivity contribution < 1.29 is 9.90 Å². The summed E-state index contributed by atoms with van der Waals surface area (Å²) >= 11 is 0. The molecular weight excluding hydrogens is 214 g/mol. The lowest BCUT2D eigenvalue weighted by atomic mass is 10.0. The fourth-order valence-corrected chi connectivity index (χ4v) is 1.67. The van der Waals surface area contributed by atoms with Crippen molar-refractivity contribution in [1.29, 1.82) is 0 Å². The molecular formula is C14H13NO2. The summed E-state index contributed by atoms with van der Waals surface area (Å²) in [6.07, 6.45) is 3.93. The van der Waals surface area contributed by atoms with E-state index in [4.69, 9.17) is 0 Å². The van der Waals surface area contributed by atoms with Gasteiger partial charge in [-0.05, 0) is 28.8 Å². The maximum absolute atomic E-state index is 10.4. The Hall–Kier alpha value is -2.00. The molecule has 1 heterocycles. The predicted molar refractivity (Wildman–Crippen MR) is 64.5 cm³/mol. The van der Waals surface area contributed by atoms with Gasteiger partial charge in [0.1, 0.15) is 12.4 Å². The minimum atomic E-state index is -0.650. The highest BCUT2D eigenvalue weighted by atomic mass is 16.3. The largest absolute Gasteiger partial charge is 0.384 e. The summed E-state index contributed by atoms with van der Waals surface area (Å²) in [6.45, 7) is 0. The standard InChI is InChI=1S/C14H13NO2/c16-10-7-11-1-3-12(4-2-11)14(17)13-5-8-15-9-6-13/h1-6,8-10,14,17H,7H2. The van der Waals surface area contributed by atoms with E-state index in [1.165, 1.54) is 0 Å². The highest BCUT2D eigenvalue weighted by molar-refractivity contribution is 5.55. The molecule has 0 aliphatic heterocycles. The zero-order chi connectivity index (χ0) is 12.1. The number of aliphatic hydroxyl groups excluding tert-OH is 1. The third-order valence-electron chi connectivity index (χ3n) is 2.64. The van der Waals surface area contributed by atoms with Gasteiger partial charge in [0.2, 0.25) is 0 Å². The first-order chi connectivity index (χ1) is 8.31. The van der Waals surface area contributed by atoms with Gasteiger partial charge in [-0.3, -0.25) is 4.98 Å². The van der Waals surface area contributed by atoms with Gasteiger partial charge in [-0.25, -0.2) is 0 Å². The van der Waals surface area contributed by atoms with Gasteiger partial charge in [0, 0.05) is 18.8 Å². The van der Waals surface area contributed by atoms with Crippen LogP contribution in [0.15, 0.2) is 48.8 Å². The second-order valence-corrected chi connectivity index (χ2v) is 3.80. The highest BCUT2D eigenvalue weighted by Gasteiger charge is 2.09. The number of carbonyl (C=O) groups is 1. The molecule has 0 spiro atoms. The number of aliphatic hydroxyl groups is 1. The fourth-order valence-electron chi connectivity index (χ4n) is 1.67. The van der Waals surface area contributed by atoms with Crippen molar-refractivity contribution >= 4 is 6.29 Å². The molecule has 0 saturated heterocycles. The molecule has 17 heavy (non-hydrogen) atoms. The first-order valence-electron chi connectivity index (χ1n) is 5.41. The number of hydrogen-bond donors (Lipinski definition) is 1. The molecule has 1 unspecified atom stereocenters. The maximum atomic E-state index is 10.4. The van der Waals surface area contributed by atoms with E-state index in [-0.39, 0.29) is 0 Å². The Morgan fingerprint density at radius 2 is 1.65 bits per heavy atom. The lowest BCUT2D eigenvalue weighted by molar-refractivity contribution is -0.107. The van der Waals surface area contributed by atoms with Crippen LogP contribution in [0, 0.1) is 0 Å². The van der Waals surface area contributed by atoms with Gasteiger partial charge < -0.3 is 9.90 Å². The molecule has 1 aromatic heterocycles. The normalized spacial score (nSPS) is 12.1. The summed E-state index contributed by atoms with van der Waals surface area (Å²) in [5.41, 5.74) is 2.57. The summed E-state index contributed by atoms with van der Waals surface area (Å²) in [5, 5.41) is 10.1. The van der Waals surface area contributed by atoms with E-state index in [1.54, 1.807) is 24.5 Å². The molecule has 1 atom stereocenters. The summed E-state index contributed by atoms with van der Waals surface area (Å²) in [5.74, 6) is 0. The quantitative estimate of drug-likeness (QED) is 0.812. The number of pyridine rings is 1. The van der Waals surface area contributed by atoms with Crippen LogP contribution in [0.1, 0.15) is 22.8 Å². The Kier molecular flexibility index (Phi) is 3.62. The molecule has 0 aliphatic rings. The Morgan fingerprint density at radius 1 is 1.06 bits per heavy atom. The van der Waals surface area contributed by atoms with Crippen molar-refractivity contribution in [3.63, 3.8) is 0 Å². The average Bonchev–Trinajstić information content (AvgIpc) is 2.40. The van der Waals surface area contributed by atoms with Crippen molar-refractivity contribution in [3.8, 4) is 0 Å². The highest BCUT2D eigenvalue weighted by Crippen LogP contribution is 2.21. The average molecular weight is 227 g/mol. The van der Waals surface area contributed by atoms with Crippen molar-refractivity contribution in [3.05, 3.63) is 65.5 Å². The molecule has 0 amide bonds. The SMILES string of the molecule is O=CCc1ccc(C(O)c2ccncc2)cc1. The number of carbonyl (C=O) groups excluding carboxylic acids is 1. The van der Waals surface area contributed by atoms with Gasteiger partial charge in [0.05, 0.1) is 0 Å². The zero-order valence-corrected chi connectivity index (χ0v) is 9.28. The van der Waals surface area contributed by atoms with Crippen molar-refractivity contribution in [1.82, 2.24) is 4.98 Å². The first-order valence-corrected chi connectivity index (χ1v) is 5.41. The van der Waals surface area contributed by atoms with Gasteiger partial charge in [0.15, 0.2) is 0 Å². The molecule has 0 fully saturated rings. The topological polar surface area (TPSA) is 50.2 Å². The van der Waals surface area contributed by atoms with E-state index in [2.05, 4.69) is 4.98 Å². The van der Waals surface area contributed by atoms with Gasteiger partial charge in [-0.2, -0.15) is 0 Å².